The SMILES string of the molecule is C#CCSCCNC(=O)N1CCc2ccc(C(=O)O)cc21. The lowest BCUT2D eigenvalue weighted by atomic mass is 10.1. The van der Waals surface area contributed by atoms with Crippen LogP contribution in [-0.2, 0) is 6.42 Å². The highest BCUT2D eigenvalue weighted by molar-refractivity contribution is 7.99. The molecule has 2 amide bonds. The predicted octanol–water partition coefficient (Wildman–Crippen LogP) is 1.82. The minimum Gasteiger partial charge on any atom is -0.478 e. The summed E-state index contributed by atoms with van der Waals surface area (Å²) >= 11 is 1.58. The highest BCUT2D eigenvalue weighted by Crippen LogP contribution is 2.29. The van der Waals surface area contributed by atoms with E-state index in [-0.39, 0.29) is 11.6 Å². The number of carboxylic acids is 1. The van der Waals surface area contributed by atoms with Crippen molar-refractivity contribution in [2.24, 2.45) is 0 Å². The van der Waals surface area contributed by atoms with E-state index in [1.807, 2.05) is 0 Å². The molecule has 2 N–H and O–H groups in total. The number of thioether (sulfide) groups is 1. The molecule has 6 heteroatoms. The summed E-state index contributed by atoms with van der Waals surface area (Å²) in [4.78, 5) is 24.7. The van der Waals surface area contributed by atoms with Crippen molar-refractivity contribution in [3.8, 4) is 12.3 Å². The molecule has 21 heavy (non-hydrogen) atoms. The van der Waals surface area contributed by atoms with Crippen LogP contribution in [0.25, 0.3) is 0 Å². The Morgan fingerprint density at radius 2 is 2.29 bits per heavy atom. The number of hydrogen-bond donors (Lipinski definition) is 2. The van der Waals surface area contributed by atoms with Crippen LogP contribution in [0.4, 0.5) is 10.5 Å². The molecule has 1 aromatic rings. The number of amides is 2. The Balaban J connectivity index is 1.98. The molecule has 2 rings (SSSR count). The molecule has 1 aliphatic rings. The number of fused-ring (bicyclic) bond motifs is 1. The van der Waals surface area contributed by atoms with Crippen LogP contribution in [0, 0.1) is 12.3 Å². The van der Waals surface area contributed by atoms with E-state index in [0.29, 0.717) is 24.5 Å². The number of anilines is 1. The second-order valence-corrected chi connectivity index (χ2v) is 5.64. The van der Waals surface area contributed by atoms with Crippen LogP contribution in [0.3, 0.4) is 0 Å². The smallest absolute Gasteiger partial charge is 0.335 e. The van der Waals surface area contributed by atoms with Gasteiger partial charge in [0.1, 0.15) is 0 Å². The Morgan fingerprint density at radius 3 is 3.00 bits per heavy atom. The van der Waals surface area contributed by atoms with Gasteiger partial charge in [0.05, 0.1) is 11.3 Å². The quantitative estimate of drug-likeness (QED) is 0.643. The number of aromatic carboxylic acids is 1. The first-order valence-corrected chi connectivity index (χ1v) is 7.71. The Bertz CT molecular complexity index is 595. The molecule has 5 nitrogen and oxygen atoms in total. The first kappa shape index (κ1) is 15.3. The van der Waals surface area contributed by atoms with Gasteiger partial charge in [0.2, 0.25) is 0 Å². The number of nitrogens with one attached hydrogen (secondary N) is 1. The Hall–Kier alpha value is -2.13. The number of carbonyl (C=O) groups is 2. The fourth-order valence-corrected chi connectivity index (χ4v) is 2.69. The van der Waals surface area contributed by atoms with Crippen LogP contribution >= 0.6 is 11.8 Å². The number of carbonyl (C=O) groups excluding carboxylic acids is 1. The van der Waals surface area contributed by atoms with Gasteiger partial charge in [0, 0.05) is 24.5 Å². The predicted molar refractivity (Wildman–Crippen MR) is 84.0 cm³/mol. The van der Waals surface area contributed by atoms with Crippen molar-refractivity contribution in [3.05, 3.63) is 29.3 Å². The van der Waals surface area contributed by atoms with Gasteiger partial charge in [0.25, 0.3) is 0 Å². The van der Waals surface area contributed by atoms with Gasteiger partial charge in [-0.1, -0.05) is 12.0 Å². The molecule has 0 radical (unpaired) electrons. The van der Waals surface area contributed by atoms with Crippen LogP contribution in [0.5, 0.6) is 0 Å². The van der Waals surface area contributed by atoms with Gasteiger partial charge in [-0.15, -0.1) is 18.2 Å². The highest BCUT2D eigenvalue weighted by Gasteiger charge is 2.25. The number of hydrogen-bond acceptors (Lipinski definition) is 3. The Morgan fingerprint density at radius 1 is 1.48 bits per heavy atom. The zero-order valence-electron chi connectivity index (χ0n) is 11.5. The lowest BCUT2D eigenvalue weighted by Gasteiger charge is -2.18. The molecule has 0 aliphatic carbocycles. The Kier molecular flexibility index (Phi) is 5.12. The zero-order chi connectivity index (χ0) is 15.2. The van der Waals surface area contributed by atoms with Gasteiger partial charge in [-0.2, -0.15) is 0 Å². The van der Waals surface area contributed by atoms with Crippen molar-refractivity contribution >= 4 is 29.4 Å². The van der Waals surface area contributed by atoms with E-state index < -0.39 is 5.97 Å². The van der Waals surface area contributed by atoms with E-state index >= 15 is 0 Å². The van der Waals surface area contributed by atoms with E-state index in [9.17, 15) is 9.59 Å². The fraction of sp³-hybridized carbons (Fsp3) is 0.333. The molecule has 0 spiro atoms. The summed E-state index contributed by atoms with van der Waals surface area (Å²) in [6, 6.07) is 4.70. The van der Waals surface area contributed by atoms with Gasteiger partial charge >= 0.3 is 12.0 Å². The van der Waals surface area contributed by atoms with Crippen molar-refractivity contribution < 1.29 is 14.7 Å². The lowest BCUT2D eigenvalue weighted by Crippen LogP contribution is -2.40. The summed E-state index contributed by atoms with van der Waals surface area (Å²) in [6.45, 7) is 1.11. The maximum atomic E-state index is 12.1. The largest absolute Gasteiger partial charge is 0.478 e. The van der Waals surface area contributed by atoms with E-state index in [0.717, 1.165) is 17.7 Å². The summed E-state index contributed by atoms with van der Waals surface area (Å²) in [5.74, 6) is 2.92. The molecule has 0 atom stereocenters. The average Bonchev–Trinajstić information content (AvgIpc) is 2.89. The van der Waals surface area contributed by atoms with Gasteiger partial charge in [-0.05, 0) is 24.1 Å². The summed E-state index contributed by atoms with van der Waals surface area (Å²) in [6.07, 6.45) is 5.89. The van der Waals surface area contributed by atoms with Crippen LogP contribution in [-0.4, -0.2) is 41.7 Å². The van der Waals surface area contributed by atoms with Crippen LogP contribution in [0.1, 0.15) is 15.9 Å². The third-order valence-electron chi connectivity index (χ3n) is 3.18. The summed E-state index contributed by atoms with van der Waals surface area (Å²) in [7, 11) is 0. The molecule has 110 valence electrons. The van der Waals surface area contributed by atoms with Gasteiger partial charge in [0.15, 0.2) is 0 Å². The third kappa shape index (κ3) is 3.70. The Labute approximate surface area is 127 Å². The molecule has 0 aromatic heterocycles. The summed E-state index contributed by atoms with van der Waals surface area (Å²) < 4.78 is 0. The third-order valence-corrected chi connectivity index (χ3v) is 4.04. The second-order valence-electron chi connectivity index (χ2n) is 4.54. The number of nitrogens with zero attached hydrogens (tertiary/aromatic N) is 1. The van der Waals surface area contributed by atoms with E-state index in [1.54, 1.807) is 34.9 Å². The molecule has 1 heterocycles. The molecule has 0 saturated heterocycles. The average molecular weight is 304 g/mol. The van der Waals surface area contributed by atoms with Crippen LogP contribution in [0.2, 0.25) is 0 Å². The zero-order valence-corrected chi connectivity index (χ0v) is 12.3. The minimum atomic E-state index is -0.990. The number of carboxylic acid groups (broad SMARTS) is 1. The van der Waals surface area contributed by atoms with E-state index in [2.05, 4.69) is 11.2 Å². The van der Waals surface area contributed by atoms with Crippen molar-refractivity contribution in [2.45, 2.75) is 6.42 Å². The van der Waals surface area contributed by atoms with Crippen LogP contribution < -0.4 is 10.2 Å². The van der Waals surface area contributed by atoms with Gasteiger partial charge < -0.3 is 10.4 Å². The molecular weight excluding hydrogens is 288 g/mol. The fourth-order valence-electron chi connectivity index (χ4n) is 2.18. The van der Waals surface area contributed by atoms with Crippen molar-refractivity contribution in [2.75, 3.05) is 29.5 Å². The van der Waals surface area contributed by atoms with Crippen LogP contribution in [0.15, 0.2) is 18.2 Å². The normalized spacial score (nSPS) is 12.6. The molecule has 0 saturated carbocycles. The van der Waals surface area contributed by atoms with E-state index in [1.165, 1.54) is 0 Å². The topological polar surface area (TPSA) is 69.6 Å². The van der Waals surface area contributed by atoms with Crippen molar-refractivity contribution in [3.63, 3.8) is 0 Å². The van der Waals surface area contributed by atoms with Crippen molar-refractivity contribution in [1.82, 2.24) is 5.32 Å². The molecular formula is C15H16N2O3S. The monoisotopic (exact) mass is 304 g/mol. The van der Waals surface area contributed by atoms with Crippen molar-refractivity contribution in [1.29, 1.82) is 0 Å². The lowest BCUT2D eigenvalue weighted by molar-refractivity contribution is 0.0697. The number of terminal acetylenes is 1. The van der Waals surface area contributed by atoms with E-state index in [4.69, 9.17) is 11.5 Å². The maximum absolute atomic E-state index is 12.1. The second kappa shape index (κ2) is 7.04. The first-order valence-electron chi connectivity index (χ1n) is 6.56. The number of rotatable bonds is 5. The molecule has 0 unspecified atom stereocenters. The first-order chi connectivity index (χ1) is 10.1. The standard InChI is InChI=1S/C15H16N2O3S/c1-2-8-21-9-6-16-15(20)17-7-5-11-3-4-12(14(18)19)10-13(11)17/h1,3-4,10H,5-9H2,(H,16,20)(H,18,19). The molecule has 1 aromatic carbocycles. The minimum absolute atomic E-state index is 0.193. The highest BCUT2D eigenvalue weighted by atomic mass is 32.2. The van der Waals surface area contributed by atoms with Gasteiger partial charge in [-0.3, -0.25) is 4.90 Å². The molecule has 1 aliphatic heterocycles. The number of urea groups is 1. The summed E-state index contributed by atoms with van der Waals surface area (Å²) in [5.41, 5.74) is 1.87. The maximum Gasteiger partial charge on any atom is 0.335 e. The summed E-state index contributed by atoms with van der Waals surface area (Å²) in [5, 5.41) is 11.9. The molecule has 0 bridgehead atoms. The molecule has 0 fully saturated rings. The van der Waals surface area contributed by atoms with Gasteiger partial charge in [-0.25, -0.2) is 9.59 Å². The number of benzene rings is 1.